The highest BCUT2D eigenvalue weighted by Gasteiger charge is 2.14. The summed E-state index contributed by atoms with van der Waals surface area (Å²) in [6, 6.07) is 31.2. The SMILES string of the molecule is C=CCSC(=Nc1ccccc1)N(Cc1ccccc1)Cc1ccccc1. The molecule has 136 valence electrons. The third kappa shape index (κ3) is 6.15. The molecular weight excluding hydrogens is 348 g/mol. The van der Waals surface area contributed by atoms with E-state index in [2.05, 4.69) is 72.1 Å². The van der Waals surface area contributed by atoms with E-state index >= 15 is 0 Å². The smallest absolute Gasteiger partial charge is 0.165 e. The average Bonchev–Trinajstić information content (AvgIpc) is 2.73. The van der Waals surface area contributed by atoms with Crippen LogP contribution in [0.2, 0.25) is 0 Å². The Hall–Kier alpha value is -2.78. The van der Waals surface area contributed by atoms with Gasteiger partial charge in [-0.05, 0) is 23.3 Å². The minimum absolute atomic E-state index is 0.811. The summed E-state index contributed by atoms with van der Waals surface area (Å²) in [4.78, 5) is 7.29. The van der Waals surface area contributed by atoms with Crippen LogP contribution in [-0.4, -0.2) is 15.8 Å². The van der Waals surface area contributed by atoms with Gasteiger partial charge in [-0.15, -0.1) is 6.58 Å². The zero-order valence-electron chi connectivity index (χ0n) is 15.4. The quantitative estimate of drug-likeness (QED) is 0.275. The molecule has 0 spiro atoms. The second kappa shape index (κ2) is 10.4. The number of amidine groups is 1. The van der Waals surface area contributed by atoms with Crippen molar-refractivity contribution in [1.82, 2.24) is 4.90 Å². The Morgan fingerprint density at radius 1 is 0.778 bits per heavy atom. The molecule has 0 bridgehead atoms. The second-order valence-electron chi connectivity index (χ2n) is 6.16. The van der Waals surface area contributed by atoms with Crippen molar-refractivity contribution in [2.24, 2.45) is 4.99 Å². The van der Waals surface area contributed by atoms with Gasteiger partial charge in [0.15, 0.2) is 5.17 Å². The van der Waals surface area contributed by atoms with Crippen LogP contribution in [-0.2, 0) is 13.1 Å². The lowest BCUT2D eigenvalue weighted by Crippen LogP contribution is -2.28. The van der Waals surface area contributed by atoms with Gasteiger partial charge in [-0.1, -0.05) is 96.7 Å². The maximum atomic E-state index is 4.95. The maximum Gasteiger partial charge on any atom is 0.165 e. The van der Waals surface area contributed by atoms with Crippen molar-refractivity contribution < 1.29 is 0 Å². The minimum atomic E-state index is 0.811. The van der Waals surface area contributed by atoms with Gasteiger partial charge in [-0.2, -0.15) is 0 Å². The van der Waals surface area contributed by atoms with E-state index in [0.29, 0.717) is 0 Å². The molecular formula is C24H24N2S. The van der Waals surface area contributed by atoms with Crippen LogP contribution in [0.5, 0.6) is 0 Å². The van der Waals surface area contributed by atoms with Crippen molar-refractivity contribution in [1.29, 1.82) is 0 Å². The summed E-state index contributed by atoms with van der Waals surface area (Å²) in [5.41, 5.74) is 3.51. The van der Waals surface area contributed by atoms with Crippen LogP contribution in [0.4, 0.5) is 5.69 Å². The fraction of sp³-hybridized carbons (Fsp3) is 0.125. The molecule has 2 nitrogen and oxygen atoms in total. The molecule has 0 N–H and O–H groups in total. The van der Waals surface area contributed by atoms with E-state index in [-0.39, 0.29) is 0 Å². The topological polar surface area (TPSA) is 15.6 Å². The Balaban J connectivity index is 1.92. The normalized spacial score (nSPS) is 11.2. The number of hydrogen-bond donors (Lipinski definition) is 0. The molecule has 3 rings (SSSR count). The number of thioether (sulfide) groups is 1. The van der Waals surface area contributed by atoms with Crippen molar-refractivity contribution in [3.63, 3.8) is 0 Å². The lowest BCUT2D eigenvalue weighted by atomic mass is 10.2. The predicted molar refractivity (Wildman–Crippen MR) is 118 cm³/mol. The monoisotopic (exact) mass is 372 g/mol. The van der Waals surface area contributed by atoms with Crippen molar-refractivity contribution >= 4 is 22.6 Å². The van der Waals surface area contributed by atoms with E-state index in [4.69, 9.17) is 4.99 Å². The van der Waals surface area contributed by atoms with Crippen molar-refractivity contribution in [2.45, 2.75) is 13.1 Å². The maximum absolute atomic E-state index is 4.95. The highest BCUT2D eigenvalue weighted by molar-refractivity contribution is 8.13. The van der Waals surface area contributed by atoms with Crippen LogP contribution in [0.15, 0.2) is 109 Å². The lowest BCUT2D eigenvalue weighted by Gasteiger charge is -2.26. The molecule has 0 heterocycles. The number of aliphatic imine (C=N–C) groups is 1. The molecule has 0 aliphatic heterocycles. The second-order valence-corrected chi connectivity index (χ2v) is 7.14. The van der Waals surface area contributed by atoms with Gasteiger partial charge in [0.2, 0.25) is 0 Å². The van der Waals surface area contributed by atoms with E-state index in [1.807, 2.05) is 36.4 Å². The van der Waals surface area contributed by atoms with E-state index in [0.717, 1.165) is 29.7 Å². The summed E-state index contributed by atoms with van der Waals surface area (Å²) in [5, 5.41) is 1.01. The Labute approximate surface area is 166 Å². The molecule has 3 aromatic rings. The molecule has 0 amide bonds. The van der Waals surface area contributed by atoms with Gasteiger partial charge >= 0.3 is 0 Å². The van der Waals surface area contributed by atoms with Crippen molar-refractivity contribution in [3.05, 3.63) is 115 Å². The molecule has 27 heavy (non-hydrogen) atoms. The first-order chi connectivity index (χ1) is 13.3. The fourth-order valence-corrected chi connectivity index (χ4v) is 3.49. The number of hydrogen-bond acceptors (Lipinski definition) is 2. The summed E-state index contributed by atoms with van der Waals surface area (Å²) in [7, 11) is 0. The van der Waals surface area contributed by atoms with Gasteiger partial charge in [-0.3, -0.25) is 0 Å². The first kappa shape index (κ1) is 19.0. The zero-order chi connectivity index (χ0) is 18.7. The predicted octanol–water partition coefficient (Wildman–Crippen LogP) is 6.30. The molecule has 0 radical (unpaired) electrons. The van der Waals surface area contributed by atoms with Crippen molar-refractivity contribution in [2.75, 3.05) is 5.75 Å². The highest BCUT2D eigenvalue weighted by Crippen LogP contribution is 2.21. The molecule has 0 saturated carbocycles. The molecule has 0 aromatic heterocycles. The van der Waals surface area contributed by atoms with Crippen LogP contribution in [0.3, 0.4) is 0 Å². The highest BCUT2D eigenvalue weighted by atomic mass is 32.2. The van der Waals surface area contributed by atoms with Gasteiger partial charge in [-0.25, -0.2) is 4.99 Å². The Bertz CT molecular complexity index is 804. The van der Waals surface area contributed by atoms with Gasteiger partial charge < -0.3 is 4.90 Å². The largest absolute Gasteiger partial charge is 0.343 e. The first-order valence-corrected chi connectivity index (χ1v) is 10.0. The van der Waals surface area contributed by atoms with Crippen molar-refractivity contribution in [3.8, 4) is 0 Å². The number of benzene rings is 3. The summed E-state index contributed by atoms with van der Waals surface area (Å²) in [6.45, 7) is 5.49. The Morgan fingerprint density at radius 2 is 1.26 bits per heavy atom. The van der Waals surface area contributed by atoms with Crippen LogP contribution in [0, 0.1) is 0 Å². The summed E-state index contributed by atoms with van der Waals surface area (Å²) in [5.74, 6) is 0.825. The van der Waals surface area contributed by atoms with Gasteiger partial charge in [0, 0.05) is 18.8 Å². The van der Waals surface area contributed by atoms with Crippen LogP contribution in [0.25, 0.3) is 0 Å². The minimum Gasteiger partial charge on any atom is -0.343 e. The molecule has 0 fully saturated rings. The standard InChI is InChI=1S/C24H24N2S/c1-2-18-27-24(25-23-16-10-5-11-17-23)26(19-21-12-6-3-7-13-21)20-22-14-8-4-9-15-22/h2-17H,1,18-20H2. The fourth-order valence-electron chi connectivity index (χ4n) is 2.74. The number of nitrogens with zero attached hydrogens (tertiary/aromatic N) is 2. The van der Waals surface area contributed by atoms with Crippen LogP contribution < -0.4 is 0 Å². The lowest BCUT2D eigenvalue weighted by molar-refractivity contribution is 0.415. The third-order valence-electron chi connectivity index (χ3n) is 4.01. The first-order valence-electron chi connectivity index (χ1n) is 9.05. The van der Waals surface area contributed by atoms with Gasteiger partial charge in [0.05, 0.1) is 5.69 Å². The number of rotatable bonds is 7. The average molecular weight is 373 g/mol. The van der Waals surface area contributed by atoms with E-state index in [9.17, 15) is 0 Å². The molecule has 3 heteroatoms. The molecule has 0 atom stereocenters. The van der Waals surface area contributed by atoms with Gasteiger partial charge in [0.25, 0.3) is 0 Å². The third-order valence-corrected chi connectivity index (χ3v) is 5.02. The summed E-state index contributed by atoms with van der Waals surface area (Å²) in [6.07, 6.45) is 1.92. The van der Waals surface area contributed by atoms with E-state index in [1.54, 1.807) is 11.8 Å². The molecule has 3 aromatic carbocycles. The Kier molecular flexibility index (Phi) is 7.31. The summed E-state index contributed by atoms with van der Waals surface area (Å²) < 4.78 is 0. The van der Waals surface area contributed by atoms with E-state index < -0.39 is 0 Å². The van der Waals surface area contributed by atoms with E-state index in [1.165, 1.54) is 11.1 Å². The summed E-state index contributed by atoms with van der Waals surface area (Å²) >= 11 is 1.72. The zero-order valence-corrected chi connectivity index (χ0v) is 16.2. The molecule has 0 aliphatic carbocycles. The van der Waals surface area contributed by atoms with Crippen LogP contribution in [0.1, 0.15) is 11.1 Å². The van der Waals surface area contributed by atoms with Crippen LogP contribution >= 0.6 is 11.8 Å². The van der Waals surface area contributed by atoms with Gasteiger partial charge in [0.1, 0.15) is 0 Å². The molecule has 0 unspecified atom stereocenters. The molecule has 0 aliphatic rings. The number of para-hydroxylation sites is 1. The Morgan fingerprint density at radius 3 is 1.74 bits per heavy atom. The molecule has 0 saturated heterocycles.